The third kappa shape index (κ3) is 4.98. The molecule has 0 amide bonds. The minimum atomic E-state index is 0.530. The standard InChI is InChI=1S/C26H32N6O/c1-19(27)14-22-15-23(18-28-22)31-8-6-20(7-9-31)24-4-2-3-5-25(24)21-16-29-26(30-17-21)32-10-12-33-13-11-32/h2-5,15-17,20,27H,6-14,18H2,1H3. The number of ether oxygens (including phenoxy) is 1. The lowest BCUT2D eigenvalue weighted by Gasteiger charge is -2.35. The van der Waals surface area contributed by atoms with Crippen molar-refractivity contribution in [3.63, 3.8) is 0 Å². The molecule has 7 nitrogen and oxygen atoms in total. The number of aromatic nitrogens is 2. The third-order valence-corrected chi connectivity index (χ3v) is 6.77. The number of piperidine rings is 1. The van der Waals surface area contributed by atoms with E-state index >= 15 is 0 Å². The molecule has 172 valence electrons. The predicted octanol–water partition coefficient (Wildman–Crippen LogP) is 3.93. The van der Waals surface area contributed by atoms with Crippen molar-refractivity contribution in [1.29, 1.82) is 5.41 Å². The summed E-state index contributed by atoms with van der Waals surface area (Å²) >= 11 is 0. The number of anilines is 1. The molecular formula is C26H32N6O. The summed E-state index contributed by atoms with van der Waals surface area (Å²) in [6, 6.07) is 8.73. The van der Waals surface area contributed by atoms with Gasteiger partial charge < -0.3 is 19.9 Å². The fourth-order valence-corrected chi connectivity index (χ4v) is 5.02. The number of benzene rings is 1. The van der Waals surface area contributed by atoms with Crippen LogP contribution in [0, 0.1) is 5.41 Å². The van der Waals surface area contributed by atoms with Gasteiger partial charge in [0.2, 0.25) is 5.95 Å². The molecule has 5 rings (SSSR count). The Kier molecular flexibility index (Phi) is 6.48. The zero-order valence-corrected chi connectivity index (χ0v) is 19.3. The van der Waals surface area contributed by atoms with Crippen LogP contribution in [0.4, 0.5) is 5.95 Å². The van der Waals surface area contributed by atoms with Gasteiger partial charge in [-0.15, -0.1) is 0 Å². The van der Waals surface area contributed by atoms with Crippen LogP contribution in [0.15, 0.2) is 53.4 Å². The van der Waals surface area contributed by atoms with Gasteiger partial charge in [0.25, 0.3) is 0 Å². The van der Waals surface area contributed by atoms with E-state index in [1.807, 2.05) is 19.3 Å². The van der Waals surface area contributed by atoms with Crippen LogP contribution in [0.3, 0.4) is 0 Å². The number of rotatable bonds is 6. The minimum absolute atomic E-state index is 0.530. The van der Waals surface area contributed by atoms with Crippen molar-refractivity contribution >= 4 is 17.4 Å². The van der Waals surface area contributed by atoms with E-state index in [1.165, 1.54) is 16.8 Å². The molecule has 1 N–H and O–H groups in total. The van der Waals surface area contributed by atoms with Gasteiger partial charge >= 0.3 is 0 Å². The van der Waals surface area contributed by atoms with E-state index < -0.39 is 0 Å². The largest absolute Gasteiger partial charge is 0.378 e. The molecule has 0 bridgehead atoms. The number of hydrogen-bond donors (Lipinski definition) is 1. The van der Waals surface area contributed by atoms with E-state index in [4.69, 9.17) is 10.1 Å². The smallest absolute Gasteiger partial charge is 0.225 e. The molecule has 0 radical (unpaired) electrons. The summed E-state index contributed by atoms with van der Waals surface area (Å²) in [4.78, 5) is 18.6. The zero-order chi connectivity index (χ0) is 22.6. The van der Waals surface area contributed by atoms with Gasteiger partial charge in [0, 0.05) is 67.7 Å². The van der Waals surface area contributed by atoms with E-state index in [0.717, 1.165) is 76.0 Å². The molecule has 3 aliphatic heterocycles. The number of morpholine rings is 1. The van der Waals surface area contributed by atoms with Crippen LogP contribution in [0.2, 0.25) is 0 Å². The molecule has 0 atom stereocenters. The molecule has 2 saturated heterocycles. The van der Waals surface area contributed by atoms with Crippen molar-refractivity contribution in [2.24, 2.45) is 4.99 Å². The molecule has 3 aliphatic rings. The Morgan fingerprint density at radius 1 is 1.03 bits per heavy atom. The van der Waals surface area contributed by atoms with Gasteiger partial charge in [0.05, 0.1) is 19.8 Å². The Labute approximate surface area is 195 Å². The molecule has 1 aromatic heterocycles. The average Bonchev–Trinajstić information content (AvgIpc) is 3.33. The van der Waals surface area contributed by atoms with E-state index in [1.54, 1.807) is 0 Å². The summed E-state index contributed by atoms with van der Waals surface area (Å²) in [6.07, 6.45) is 9.05. The van der Waals surface area contributed by atoms with Crippen molar-refractivity contribution < 1.29 is 4.74 Å². The molecule has 0 unspecified atom stereocenters. The first-order valence-corrected chi connectivity index (χ1v) is 11.9. The average molecular weight is 445 g/mol. The second kappa shape index (κ2) is 9.83. The number of allylic oxidation sites excluding steroid dienone is 1. The molecule has 2 aromatic rings. The van der Waals surface area contributed by atoms with Crippen LogP contribution < -0.4 is 4.90 Å². The second-order valence-electron chi connectivity index (χ2n) is 9.12. The second-order valence-corrected chi connectivity index (χ2v) is 9.12. The van der Waals surface area contributed by atoms with Crippen molar-refractivity contribution in [1.82, 2.24) is 14.9 Å². The number of nitrogens with zero attached hydrogens (tertiary/aromatic N) is 5. The maximum atomic E-state index is 7.71. The molecule has 2 fully saturated rings. The van der Waals surface area contributed by atoms with Gasteiger partial charge in [-0.05, 0) is 42.9 Å². The van der Waals surface area contributed by atoms with Gasteiger partial charge in [0.15, 0.2) is 0 Å². The molecule has 4 heterocycles. The van der Waals surface area contributed by atoms with E-state index in [0.29, 0.717) is 18.1 Å². The summed E-state index contributed by atoms with van der Waals surface area (Å²) < 4.78 is 5.44. The Bertz CT molecular complexity index is 1050. The maximum Gasteiger partial charge on any atom is 0.225 e. The van der Waals surface area contributed by atoms with E-state index in [2.05, 4.69) is 55.1 Å². The van der Waals surface area contributed by atoms with Crippen LogP contribution >= 0.6 is 0 Å². The first-order valence-electron chi connectivity index (χ1n) is 11.9. The van der Waals surface area contributed by atoms with Gasteiger partial charge in [-0.3, -0.25) is 4.99 Å². The first kappa shape index (κ1) is 21.8. The SMILES string of the molecule is CC(=N)CC1=NCC(N2CCC(c3ccccc3-c3cnc(N4CCOCC4)nc3)CC2)=C1. The topological polar surface area (TPSA) is 77.7 Å². The fraction of sp³-hybridized carbons (Fsp3) is 0.462. The summed E-state index contributed by atoms with van der Waals surface area (Å²) in [5, 5.41) is 7.71. The van der Waals surface area contributed by atoms with Crippen molar-refractivity contribution in [3.05, 3.63) is 54.0 Å². The molecule has 7 heteroatoms. The molecular weight excluding hydrogens is 412 g/mol. The molecule has 33 heavy (non-hydrogen) atoms. The van der Waals surface area contributed by atoms with Crippen LogP contribution in [0.1, 0.15) is 37.7 Å². The van der Waals surface area contributed by atoms with E-state index in [-0.39, 0.29) is 0 Å². The molecule has 1 aromatic carbocycles. The highest BCUT2D eigenvalue weighted by atomic mass is 16.5. The monoisotopic (exact) mass is 444 g/mol. The van der Waals surface area contributed by atoms with Crippen LogP contribution in [-0.4, -0.2) is 72.2 Å². The molecule has 0 aliphatic carbocycles. The lowest BCUT2D eigenvalue weighted by molar-refractivity contribution is 0.122. The van der Waals surface area contributed by atoms with Crippen LogP contribution in [0.25, 0.3) is 11.1 Å². The summed E-state index contributed by atoms with van der Waals surface area (Å²) in [7, 11) is 0. The van der Waals surface area contributed by atoms with Crippen LogP contribution in [-0.2, 0) is 4.74 Å². The van der Waals surface area contributed by atoms with Crippen molar-refractivity contribution in [3.8, 4) is 11.1 Å². The highest BCUT2D eigenvalue weighted by molar-refractivity contribution is 6.09. The summed E-state index contributed by atoms with van der Waals surface area (Å²) in [5.41, 5.74) is 6.76. The number of likely N-dealkylation sites (tertiary alicyclic amines) is 1. The zero-order valence-electron chi connectivity index (χ0n) is 19.3. The van der Waals surface area contributed by atoms with Gasteiger partial charge in [-0.25, -0.2) is 9.97 Å². The number of nitrogens with one attached hydrogen (secondary N) is 1. The fourth-order valence-electron chi connectivity index (χ4n) is 5.02. The Balaban J connectivity index is 1.26. The highest BCUT2D eigenvalue weighted by Gasteiger charge is 2.25. The van der Waals surface area contributed by atoms with Crippen molar-refractivity contribution in [2.45, 2.75) is 32.1 Å². The maximum absolute atomic E-state index is 7.71. The highest BCUT2D eigenvalue weighted by Crippen LogP contribution is 2.36. The number of aliphatic imine (C=N–C) groups is 1. The van der Waals surface area contributed by atoms with Crippen LogP contribution in [0.5, 0.6) is 0 Å². The number of hydrogen-bond acceptors (Lipinski definition) is 7. The third-order valence-electron chi connectivity index (χ3n) is 6.77. The minimum Gasteiger partial charge on any atom is -0.378 e. The molecule has 0 spiro atoms. The lowest BCUT2D eigenvalue weighted by atomic mass is 9.85. The van der Waals surface area contributed by atoms with Crippen molar-refractivity contribution in [2.75, 3.05) is 50.8 Å². The predicted molar refractivity (Wildman–Crippen MR) is 132 cm³/mol. The van der Waals surface area contributed by atoms with Gasteiger partial charge in [-0.2, -0.15) is 0 Å². The normalized spacial score (nSPS) is 19.4. The Hall–Kier alpha value is -3.06. The van der Waals surface area contributed by atoms with Gasteiger partial charge in [-0.1, -0.05) is 24.3 Å². The summed E-state index contributed by atoms with van der Waals surface area (Å²) in [5.74, 6) is 1.32. The lowest BCUT2D eigenvalue weighted by Crippen LogP contribution is -2.37. The molecule has 0 saturated carbocycles. The quantitative estimate of drug-likeness (QED) is 0.683. The van der Waals surface area contributed by atoms with Gasteiger partial charge in [0.1, 0.15) is 0 Å². The first-order chi connectivity index (χ1) is 16.2. The Morgan fingerprint density at radius 3 is 2.48 bits per heavy atom. The van der Waals surface area contributed by atoms with E-state index in [9.17, 15) is 0 Å². The summed E-state index contributed by atoms with van der Waals surface area (Å²) in [6.45, 7) is 7.86. The Morgan fingerprint density at radius 2 is 1.76 bits per heavy atom.